The van der Waals surface area contributed by atoms with Crippen molar-refractivity contribution >= 4 is 38.7 Å². The van der Waals surface area contributed by atoms with Crippen molar-refractivity contribution in [2.45, 2.75) is 20.0 Å². The third kappa shape index (κ3) is 4.86. The maximum absolute atomic E-state index is 12.0. The van der Waals surface area contributed by atoms with Gasteiger partial charge in [-0.25, -0.2) is 9.59 Å². The van der Waals surface area contributed by atoms with Crippen LogP contribution in [0.25, 0.3) is 11.0 Å². The van der Waals surface area contributed by atoms with Gasteiger partial charge in [0.05, 0.1) is 0 Å². The normalized spacial score (nSPS) is 10.6. The van der Waals surface area contributed by atoms with Gasteiger partial charge >= 0.3 is 11.6 Å². The standard InChI is InChI=1S/C21H17BrO6/c1-2-18(23)13-3-6-16(7-4-13)26-12-21(25)27-11-14-9-20(24)28-19-10-15(22)5-8-17(14)19/h3-10H,2,11-12H2,1H3. The number of benzene rings is 2. The first-order valence-corrected chi connectivity index (χ1v) is 9.39. The average molecular weight is 445 g/mol. The van der Waals surface area contributed by atoms with E-state index in [0.717, 1.165) is 4.47 Å². The van der Waals surface area contributed by atoms with E-state index in [-0.39, 0.29) is 19.0 Å². The molecule has 0 N–H and O–H groups in total. The summed E-state index contributed by atoms with van der Waals surface area (Å²) in [7, 11) is 0. The lowest BCUT2D eigenvalue weighted by Gasteiger charge is -2.09. The fourth-order valence-corrected chi connectivity index (χ4v) is 2.95. The molecule has 28 heavy (non-hydrogen) atoms. The van der Waals surface area contributed by atoms with Gasteiger partial charge in [-0.05, 0) is 42.5 Å². The van der Waals surface area contributed by atoms with Crippen LogP contribution in [0.1, 0.15) is 29.3 Å². The second kappa shape index (κ2) is 8.84. The lowest BCUT2D eigenvalue weighted by Crippen LogP contribution is -2.15. The highest BCUT2D eigenvalue weighted by Crippen LogP contribution is 2.22. The molecule has 0 amide bonds. The number of ketones is 1. The minimum absolute atomic E-state index is 0.0394. The lowest BCUT2D eigenvalue weighted by atomic mass is 10.1. The average Bonchev–Trinajstić information content (AvgIpc) is 2.69. The van der Waals surface area contributed by atoms with Gasteiger partial charge in [0.2, 0.25) is 0 Å². The van der Waals surface area contributed by atoms with Crippen LogP contribution < -0.4 is 10.4 Å². The molecule has 3 rings (SSSR count). The lowest BCUT2D eigenvalue weighted by molar-refractivity contribution is -0.147. The molecule has 0 fully saturated rings. The van der Waals surface area contributed by atoms with E-state index in [2.05, 4.69) is 15.9 Å². The van der Waals surface area contributed by atoms with Crippen LogP contribution >= 0.6 is 15.9 Å². The SMILES string of the molecule is CCC(=O)c1ccc(OCC(=O)OCc2cc(=O)oc3cc(Br)ccc23)cc1. The smallest absolute Gasteiger partial charge is 0.344 e. The van der Waals surface area contributed by atoms with Crippen molar-refractivity contribution in [2.24, 2.45) is 0 Å². The van der Waals surface area contributed by atoms with Gasteiger partial charge in [-0.2, -0.15) is 0 Å². The van der Waals surface area contributed by atoms with Crippen molar-refractivity contribution in [3.8, 4) is 5.75 Å². The van der Waals surface area contributed by atoms with Crippen molar-refractivity contribution in [3.05, 3.63) is 74.6 Å². The van der Waals surface area contributed by atoms with Crippen LogP contribution in [0.4, 0.5) is 0 Å². The summed E-state index contributed by atoms with van der Waals surface area (Å²) in [6.45, 7) is 1.43. The Kier molecular flexibility index (Phi) is 6.26. The number of fused-ring (bicyclic) bond motifs is 1. The Hall–Kier alpha value is -2.93. The minimum Gasteiger partial charge on any atom is -0.482 e. The third-order valence-electron chi connectivity index (χ3n) is 4.03. The van der Waals surface area contributed by atoms with Crippen LogP contribution in [0.15, 0.2) is 62.2 Å². The first-order valence-electron chi connectivity index (χ1n) is 8.60. The molecule has 0 saturated heterocycles. The summed E-state index contributed by atoms with van der Waals surface area (Å²) in [5, 5.41) is 0.688. The molecule has 144 valence electrons. The fourth-order valence-electron chi connectivity index (χ4n) is 2.61. The molecular formula is C21H17BrO6. The summed E-state index contributed by atoms with van der Waals surface area (Å²) in [6.07, 6.45) is 0.427. The molecule has 7 heteroatoms. The highest BCUT2D eigenvalue weighted by molar-refractivity contribution is 9.10. The molecule has 0 aliphatic heterocycles. The van der Waals surface area contributed by atoms with Crippen molar-refractivity contribution in [1.29, 1.82) is 0 Å². The number of Topliss-reactive ketones (excluding diaryl/α,β-unsaturated/α-hetero) is 1. The van der Waals surface area contributed by atoms with Crippen LogP contribution in [0.5, 0.6) is 5.75 Å². The fraction of sp³-hybridized carbons (Fsp3) is 0.190. The van der Waals surface area contributed by atoms with Gasteiger partial charge < -0.3 is 13.9 Å². The molecule has 0 spiro atoms. The second-order valence-corrected chi connectivity index (χ2v) is 6.90. The Morgan fingerprint density at radius 2 is 1.82 bits per heavy atom. The maximum Gasteiger partial charge on any atom is 0.344 e. The van der Waals surface area contributed by atoms with E-state index in [9.17, 15) is 14.4 Å². The van der Waals surface area contributed by atoms with Gasteiger partial charge in [-0.1, -0.05) is 22.9 Å². The number of halogens is 1. The van der Waals surface area contributed by atoms with E-state index in [4.69, 9.17) is 13.9 Å². The quantitative estimate of drug-likeness (QED) is 0.307. The first-order chi connectivity index (χ1) is 13.5. The molecule has 0 aliphatic rings. The number of hydrogen-bond donors (Lipinski definition) is 0. The molecule has 1 heterocycles. The Morgan fingerprint density at radius 1 is 1.07 bits per heavy atom. The van der Waals surface area contributed by atoms with Gasteiger partial charge in [-0.3, -0.25) is 4.79 Å². The van der Waals surface area contributed by atoms with Crippen molar-refractivity contribution in [1.82, 2.24) is 0 Å². The summed E-state index contributed by atoms with van der Waals surface area (Å²) >= 11 is 3.32. The van der Waals surface area contributed by atoms with E-state index < -0.39 is 11.6 Å². The Labute approximate surface area is 169 Å². The topological polar surface area (TPSA) is 82.8 Å². The van der Waals surface area contributed by atoms with Crippen LogP contribution in [0.3, 0.4) is 0 Å². The number of ether oxygens (including phenoxy) is 2. The largest absolute Gasteiger partial charge is 0.482 e. The Bertz CT molecular complexity index is 1070. The summed E-state index contributed by atoms with van der Waals surface area (Å²) in [6, 6.07) is 13.1. The van der Waals surface area contributed by atoms with E-state index >= 15 is 0 Å². The molecule has 0 saturated carbocycles. The molecule has 0 bridgehead atoms. The summed E-state index contributed by atoms with van der Waals surface area (Å²) in [5.74, 6) is -0.0787. The zero-order valence-electron chi connectivity index (χ0n) is 15.1. The number of carbonyl (C=O) groups excluding carboxylic acids is 2. The Balaban J connectivity index is 1.60. The van der Waals surface area contributed by atoms with Crippen LogP contribution in [0.2, 0.25) is 0 Å². The molecule has 0 radical (unpaired) electrons. The molecule has 2 aromatic carbocycles. The second-order valence-electron chi connectivity index (χ2n) is 5.98. The van der Waals surface area contributed by atoms with E-state index in [1.807, 2.05) is 6.07 Å². The molecule has 0 aliphatic carbocycles. The molecule has 3 aromatic rings. The molecule has 1 aromatic heterocycles. The molecule has 0 atom stereocenters. The summed E-state index contributed by atoms with van der Waals surface area (Å²) in [4.78, 5) is 35.3. The molecular weight excluding hydrogens is 428 g/mol. The van der Waals surface area contributed by atoms with E-state index in [1.54, 1.807) is 43.3 Å². The van der Waals surface area contributed by atoms with E-state index in [0.29, 0.717) is 34.3 Å². The van der Waals surface area contributed by atoms with Crippen LogP contribution in [0, 0.1) is 0 Å². The van der Waals surface area contributed by atoms with Gasteiger partial charge in [0.25, 0.3) is 0 Å². The van der Waals surface area contributed by atoms with Gasteiger partial charge in [0, 0.05) is 33.5 Å². The van der Waals surface area contributed by atoms with Crippen molar-refractivity contribution in [2.75, 3.05) is 6.61 Å². The van der Waals surface area contributed by atoms with Crippen LogP contribution in [-0.4, -0.2) is 18.4 Å². The number of rotatable bonds is 7. The maximum atomic E-state index is 12.0. The predicted octanol–water partition coefficient (Wildman–Crippen LogP) is 4.27. The number of esters is 1. The molecule has 0 unspecified atom stereocenters. The third-order valence-corrected chi connectivity index (χ3v) is 4.53. The zero-order chi connectivity index (χ0) is 20.1. The highest BCUT2D eigenvalue weighted by Gasteiger charge is 2.10. The minimum atomic E-state index is -0.577. The number of hydrogen-bond acceptors (Lipinski definition) is 6. The van der Waals surface area contributed by atoms with Crippen molar-refractivity contribution in [3.63, 3.8) is 0 Å². The Morgan fingerprint density at radius 3 is 2.54 bits per heavy atom. The first kappa shape index (κ1) is 19.8. The van der Waals surface area contributed by atoms with Gasteiger partial charge in [0.1, 0.15) is 17.9 Å². The zero-order valence-corrected chi connectivity index (χ0v) is 16.7. The predicted molar refractivity (Wildman–Crippen MR) is 107 cm³/mol. The van der Waals surface area contributed by atoms with Crippen LogP contribution in [-0.2, 0) is 16.1 Å². The van der Waals surface area contributed by atoms with Gasteiger partial charge in [0.15, 0.2) is 12.4 Å². The number of carbonyl (C=O) groups is 2. The van der Waals surface area contributed by atoms with Crippen molar-refractivity contribution < 1.29 is 23.5 Å². The van der Waals surface area contributed by atoms with E-state index in [1.165, 1.54) is 6.07 Å². The summed E-state index contributed by atoms with van der Waals surface area (Å²) < 4.78 is 16.5. The molecule has 6 nitrogen and oxygen atoms in total. The van der Waals surface area contributed by atoms with Gasteiger partial charge in [-0.15, -0.1) is 0 Å². The summed E-state index contributed by atoms with van der Waals surface area (Å²) in [5.41, 5.74) is 1.04. The monoisotopic (exact) mass is 444 g/mol. The highest BCUT2D eigenvalue weighted by atomic mass is 79.9.